The highest BCUT2D eigenvalue weighted by Gasteiger charge is 2.36. The van der Waals surface area contributed by atoms with Crippen LogP contribution in [-0.2, 0) is 5.41 Å². The van der Waals surface area contributed by atoms with Gasteiger partial charge in [-0.1, -0.05) is 202 Å². The van der Waals surface area contributed by atoms with Crippen molar-refractivity contribution in [2.45, 2.75) is 19.3 Å². The monoisotopic (exact) mass is 815 g/mol. The van der Waals surface area contributed by atoms with E-state index < -0.39 is 0 Å². The van der Waals surface area contributed by atoms with Gasteiger partial charge < -0.3 is 4.90 Å². The first-order chi connectivity index (χ1) is 31.5. The topological polar surface area (TPSA) is 3.24 Å². The highest BCUT2D eigenvalue weighted by Crippen LogP contribution is 2.53. The van der Waals surface area contributed by atoms with E-state index in [1.165, 1.54) is 99.1 Å². The Bertz CT molecular complexity index is 3580. The Balaban J connectivity index is 1.13. The summed E-state index contributed by atoms with van der Waals surface area (Å²) in [7, 11) is 0. The first-order valence-electron chi connectivity index (χ1n) is 22.3. The molecule has 11 aromatic carbocycles. The molecule has 11 aromatic rings. The average Bonchev–Trinajstić information content (AvgIpc) is 3.59. The zero-order chi connectivity index (χ0) is 42.8. The maximum absolute atomic E-state index is 2.51. The summed E-state index contributed by atoms with van der Waals surface area (Å²) < 4.78 is 0. The van der Waals surface area contributed by atoms with E-state index in [0.29, 0.717) is 0 Å². The van der Waals surface area contributed by atoms with E-state index in [-0.39, 0.29) is 5.41 Å². The third kappa shape index (κ3) is 6.23. The largest absolute Gasteiger partial charge is 0.310 e. The van der Waals surface area contributed by atoms with Gasteiger partial charge in [0.15, 0.2) is 0 Å². The molecule has 0 spiro atoms. The van der Waals surface area contributed by atoms with E-state index in [1.54, 1.807) is 0 Å². The number of anilines is 3. The molecule has 302 valence electrons. The second kappa shape index (κ2) is 15.1. The van der Waals surface area contributed by atoms with Gasteiger partial charge in [-0.2, -0.15) is 0 Å². The summed E-state index contributed by atoms with van der Waals surface area (Å²) in [5, 5.41) is 7.45. The highest BCUT2D eigenvalue weighted by molar-refractivity contribution is 6.16. The smallest absolute Gasteiger partial charge is 0.0546 e. The lowest BCUT2D eigenvalue weighted by Gasteiger charge is -2.31. The van der Waals surface area contributed by atoms with Gasteiger partial charge in [0, 0.05) is 22.4 Å². The standard InChI is InChI=1S/C63H45N/c1-63(2)59-28-13-12-26-56(59)57-37-36-51(41-60(57)63)64(50-34-32-44(33-35-50)47-31-30-43-18-6-7-19-45(43)38-47)61-29-15-27-53(48-22-14-21-46(39-48)42-16-4-3-5-17-42)62(61)58-40-49-20-8-9-23-52(49)54-24-10-11-25-55(54)58/h3-41H,1-2H3. The van der Waals surface area contributed by atoms with E-state index in [9.17, 15) is 0 Å². The molecule has 1 aliphatic carbocycles. The van der Waals surface area contributed by atoms with Crippen molar-refractivity contribution in [1.82, 2.24) is 0 Å². The molecule has 64 heavy (non-hydrogen) atoms. The second-order valence-electron chi connectivity index (χ2n) is 17.7. The van der Waals surface area contributed by atoms with Crippen LogP contribution in [0.5, 0.6) is 0 Å². The Kier molecular flexibility index (Phi) is 8.91. The Morgan fingerprint density at radius 3 is 1.72 bits per heavy atom. The van der Waals surface area contributed by atoms with Crippen LogP contribution in [0.3, 0.4) is 0 Å². The Morgan fingerprint density at radius 1 is 0.297 bits per heavy atom. The van der Waals surface area contributed by atoms with Gasteiger partial charge in [-0.25, -0.2) is 0 Å². The molecule has 0 N–H and O–H groups in total. The Morgan fingerprint density at radius 2 is 0.875 bits per heavy atom. The lowest BCUT2D eigenvalue weighted by Crippen LogP contribution is -2.17. The predicted molar refractivity (Wildman–Crippen MR) is 273 cm³/mol. The molecule has 0 amide bonds. The fourth-order valence-electron chi connectivity index (χ4n) is 10.4. The molecule has 0 unspecified atom stereocenters. The fourth-order valence-corrected chi connectivity index (χ4v) is 10.4. The number of hydrogen-bond donors (Lipinski definition) is 0. The lowest BCUT2D eigenvalue weighted by atomic mass is 9.82. The van der Waals surface area contributed by atoms with Crippen LogP contribution >= 0.6 is 0 Å². The summed E-state index contributed by atoms with van der Waals surface area (Å²) >= 11 is 0. The first kappa shape index (κ1) is 37.7. The third-order valence-electron chi connectivity index (χ3n) is 13.6. The maximum atomic E-state index is 2.51. The molecule has 0 fully saturated rings. The molecule has 12 rings (SSSR count). The van der Waals surface area contributed by atoms with E-state index >= 15 is 0 Å². The summed E-state index contributed by atoms with van der Waals surface area (Å²) in [6.45, 7) is 4.74. The molecular formula is C63H45N. The average molecular weight is 816 g/mol. The quantitative estimate of drug-likeness (QED) is 0.145. The zero-order valence-corrected chi connectivity index (χ0v) is 36.0. The molecule has 0 saturated carbocycles. The van der Waals surface area contributed by atoms with Crippen molar-refractivity contribution in [2.75, 3.05) is 4.90 Å². The minimum atomic E-state index is -0.162. The number of hydrogen-bond acceptors (Lipinski definition) is 1. The summed E-state index contributed by atoms with van der Waals surface area (Å²) in [6, 6.07) is 87.5. The van der Waals surface area contributed by atoms with E-state index in [2.05, 4.69) is 255 Å². The molecular weight excluding hydrogens is 771 g/mol. The minimum Gasteiger partial charge on any atom is -0.310 e. The molecule has 1 aliphatic rings. The van der Waals surface area contributed by atoms with Crippen molar-refractivity contribution in [2.24, 2.45) is 0 Å². The van der Waals surface area contributed by atoms with Crippen molar-refractivity contribution < 1.29 is 0 Å². The number of fused-ring (bicyclic) bond motifs is 7. The summed E-state index contributed by atoms with van der Waals surface area (Å²) in [4.78, 5) is 2.51. The predicted octanol–water partition coefficient (Wildman–Crippen LogP) is 17.6. The van der Waals surface area contributed by atoms with Gasteiger partial charge in [-0.05, 0) is 142 Å². The van der Waals surface area contributed by atoms with Gasteiger partial charge in [0.05, 0.1) is 5.69 Å². The Labute approximate surface area is 375 Å². The van der Waals surface area contributed by atoms with Gasteiger partial charge >= 0.3 is 0 Å². The number of benzene rings is 11. The van der Waals surface area contributed by atoms with Crippen molar-refractivity contribution in [3.05, 3.63) is 248 Å². The molecule has 0 heterocycles. The maximum Gasteiger partial charge on any atom is 0.0546 e. The van der Waals surface area contributed by atoms with E-state index in [1.807, 2.05) is 0 Å². The van der Waals surface area contributed by atoms with Gasteiger partial charge in [-0.15, -0.1) is 0 Å². The molecule has 0 radical (unpaired) electrons. The fraction of sp³-hybridized carbons (Fsp3) is 0.0476. The van der Waals surface area contributed by atoms with Crippen molar-refractivity contribution in [3.63, 3.8) is 0 Å². The van der Waals surface area contributed by atoms with Gasteiger partial charge in [-0.3, -0.25) is 0 Å². The van der Waals surface area contributed by atoms with Crippen LogP contribution in [0.15, 0.2) is 237 Å². The summed E-state index contributed by atoms with van der Waals surface area (Å²) in [5.74, 6) is 0. The molecule has 0 aliphatic heterocycles. The molecule has 0 bridgehead atoms. The highest BCUT2D eigenvalue weighted by atomic mass is 15.1. The van der Waals surface area contributed by atoms with E-state index in [4.69, 9.17) is 0 Å². The first-order valence-corrected chi connectivity index (χ1v) is 22.3. The Hall–Kier alpha value is -8.00. The minimum absolute atomic E-state index is 0.162. The van der Waals surface area contributed by atoms with Crippen molar-refractivity contribution in [1.29, 1.82) is 0 Å². The molecule has 1 heteroatoms. The van der Waals surface area contributed by atoms with Crippen LogP contribution in [0, 0.1) is 0 Å². The third-order valence-corrected chi connectivity index (χ3v) is 13.6. The molecule has 1 nitrogen and oxygen atoms in total. The molecule has 0 atom stereocenters. The van der Waals surface area contributed by atoms with Crippen LogP contribution in [0.25, 0.3) is 88.0 Å². The second-order valence-corrected chi connectivity index (χ2v) is 17.7. The van der Waals surface area contributed by atoms with Crippen LogP contribution in [0.1, 0.15) is 25.0 Å². The molecule has 0 aromatic heterocycles. The van der Waals surface area contributed by atoms with Crippen molar-refractivity contribution in [3.8, 4) is 55.6 Å². The van der Waals surface area contributed by atoms with Gasteiger partial charge in [0.25, 0.3) is 0 Å². The lowest BCUT2D eigenvalue weighted by molar-refractivity contribution is 0.660. The summed E-state index contributed by atoms with van der Waals surface area (Å²) in [5.41, 5.74) is 18.1. The van der Waals surface area contributed by atoms with Crippen LogP contribution in [-0.4, -0.2) is 0 Å². The van der Waals surface area contributed by atoms with Gasteiger partial charge in [0.1, 0.15) is 0 Å². The SMILES string of the molecule is CC1(C)c2ccccc2-c2ccc(N(c3ccc(-c4ccc5ccccc5c4)cc3)c3cccc(-c4cccc(-c5ccccc5)c4)c3-c3cc4ccccc4c4ccccc34)cc21. The van der Waals surface area contributed by atoms with Crippen LogP contribution < -0.4 is 4.90 Å². The van der Waals surface area contributed by atoms with Crippen LogP contribution in [0.4, 0.5) is 17.1 Å². The summed E-state index contributed by atoms with van der Waals surface area (Å²) in [6.07, 6.45) is 0. The number of rotatable bonds is 7. The zero-order valence-electron chi connectivity index (χ0n) is 36.0. The van der Waals surface area contributed by atoms with Crippen LogP contribution in [0.2, 0.25) is 0 Å². The van der Waals surface area contributed by atoms with Gasteiger partial charge in [0.2, 0.25) is 0 Å². The van der Waals surface area contributed by atoms with E-state index in [0.717, 1.165) is 17.1 Å². The normalized spacial score (nSPS) is 12.7. The number of nitrogens with zero attached hydrogens (tertiary/aromatic N) is 1. The molecule has 0 saturated heterocycles. The van der Waals surface area contributed by atoms with Crippen molar-refractivity contribution >= 4 is 49.4 Å².